The number of aromatic nitrogens is 1. The number of benzene rings is 2. The van der Waals surface area contributed by atoms with Gasteiger partial charge in [-0.2, -0.15) is 0 Å². The number of nitrogens with one attached hydrogen (secondary N) is 1. The molecule has 5 heteroatoms. The molecule has 4 nitrogen and oxygen atoms in total. The molecule has 1 aliphatic heterocycles. The maximum atomic E-state index is 5.57. The normalized spacial score (nSPS) is 15.7. The molecule has 3 aromatic rings. The van der Waals surface area contributed by atoms with E-state index in [0.717, 1.165) is 42.8 Å². The van der Waals surface area contributed by atoms with Crippen molar-refractivity contribution in [1.82, 2.24) is 9.88 Å². The third kappa shape index (κ3) is 3.22. The maximum absolute atomic E-state index is 5.57. The maximum Gasteiger partial charge on any atom is 0.129 e. The third-order valence-electron chi connectivity index (χ3n) is 4.78. The van der Waals surface area contributed by atoms with Gasteiger partial charge in [0, 0.05) is 42.2 Å². The van der Waals surface area contributed by atoms with E-state index in [1.807, 2.05) is 23.9 Å². The van der Waals surface area contributed by atoms with Crippen molar-refractivity contribution in [3.05, 3.63) is 48.7 Å². The topological polar surface area (TPSA) is 31.5 Å². The number of H-pyrrole nitrogens is 1. The Bertz CT molecular complexity index is 868. The molecule has 1 saturated heterocycles. The van der Waals surface area contributed by atoms with Crippen molar-refractivity contribution in [2.75, 3.05) is 45.2 Å². The first-order chi connectivity index (χ1) is 12.3. The number of ether oxygens (including phenoxy) is 1. The van der Waals surface area contributed by atoms with Crippen LogP contribution in [-0.4, -0.2) is 50.2 Å². The zero-order valence-corrected chi connectivity index (χ0v) is 15.5. The summed E-state index contributed by atoms with van der Waals surface area (Å²) in [6, 6.07) is 14.8. The molecular formula is C20H23N3OS. The van der Waals surface area contributed by atoms with E-state index in [-0.39, 0.29) is 0 Å². The first-order valence-corrected chi connectivity index (χ1v) is 9.42. The highest BCUT2D eigenvalue weighted by molar-refractivity contribution is 7.99. The van der Waals surface area contributed by atoms with Crippen molar-refractivity contribution < 1.29 is 4.74 Å². The second-order valence-electron chi connectivity index (χ2n) is 6.40. The summed E-state index contributed by atoms with van der Waals surface area (Å²) >= 11 is 1.81. The Balaban J connectivity index is 1.68. The summed E-state index contributed by atoms with van der Waals surface area (Å²) in [5.74, 6) is 0.915. The van der Waals surface area contributed by atoms with Crippen LogP contribution in [0.3, 0.4) is 0 Å². The number of para-hydroxylation sites is 1. The zero-order valence-electron chi connectivity index (χ0n) is 14.7. The molecule has 4 rings (SSSR count). The summed E-state index contributed by atoms with van der Waals surface area (Å²) < 4.78 is 5.57. The van der Waals surface area contributed by atoms with Crippen molar-refractivity contribution >= 4 is 28.4 Å². The molecule has 0 atom stereocenters. The number of likely N-dealkylation sites (N-methyl/N-ethyl adjacent to an activating group) is 1. The molecule has 0 aliphatic carbocycles. The van der Waals surface area contributed by atoms with Crippen LogP contribution >= 0.6 is 11.8 Å². The van der Waals surface area contributed by atoms with Crippen molar-refractivity contribution in [2.24, 2.45) is 0 Å². The van der Waals surface area contributed by atoms with Gasteiger partial charge < -0.3 is 19.5 Å². The third-order valence-corrected chi connectivity index (χ3v) is 5.89. The molecule has 1 aromatic heterocycles. The van der Waals surface area contributed by atoms with E-state index in [2.05, 4.69) is 58.4 Å². The standard InChI is InChI=1S/C20H23N3OS/c1-22-10-12-23(13-11-22)16-7-3-4-9-18(16)25-19-14-21-15-6-5-8-17(24-2)20(15)19/h3-9,14,21H,10-13H2,1-2H3. The largest absolute Gasteiger partial charge is 0.496 e. The van der Waals surface area contributed by atoms with Gasteiger partial charge in [-0.15, -0.1) is 0 Å². The molecule has 1 N–H and O–H groups in total. The second-order valence-corrected chi connectivity index (χ2v) is 7.48. The monoisotopic (exact) mass is 353 g/mol. The van der Waals surface area contributed by atoms with Gasteiger partial charge in [0.05, 0.1) is 23.7 Å². The Morgan fingerprint density at radius 3 is 2.56 bits per heavy atom. The summed E-state index contributed by atoms with van der Waals surface area (Å²) in [5.41, 5.74) is 2.43. The number of piperazine rings is 1. The van der Waals surface area contributed by atoms with Crippen molar-refractivity contribution in [1.29, 1.82) is 0 Å². The number of rotatable bonds is 4. The number of hydrogen-bond acceptors (Lipinski definition) is 4. The van der Waals surface area contributed by atoms with Crippen LogP contribution in [0.5, 0.6) is 5.75 Å². The van der Waals surface area contributed by atoms with Gasteiger partial charge in [-0.1, -0.05) is 30.0 Å². The fourth-order valence-corrected chi connectivity index (χ4v) is 4.46. The van der Waals surface area contributed by atoms with Crippen molar-refractivity contribution in [2.45, 2.75) is 9.79 Å². The van der Waals surface area contributed by atoms with Gasteiger partial charge in [-0.3, -0.25) is 0 Å². The quantitative estimate of drug-likeness (QED) is 0.766. The van der Waals surface area contributed by atoms with Crippen molar-refractivity contribution in [3.63, 3.8) is 0 Å². The highest BCUT2D eigenvalue weighted by Crippen LogP contribution is 2.41. The van der Waals surface area contributed by atoms with Crippen molar-refractivity contribution in [3.8, 4) is 5.75 Å². The second kappa shape index (κ2) is 7.02. The molecule has 25 heavy (non-hydrogen) atoms. The molecule has 2 aromatic carbocycles. The predicted molar refractivity (Wildman–Crippen MR) is 105 cm³/mol. The number of fused-ring (bicyclic) bond motifs is 1. The molecule has 0 amide bonds. The van der Waals surface area contributed by atoms with Crippen LogP contribution in [0.15, 0.2) is 58.5 Å². The molecule has 1 fully saturated rings. The average molecular weight is 353 g/mol. The Kier molecular flexibility index (Phi) is 4.59. The van der Waals surface area contributed by atoms with E-state index in [9.17, 15) is 0 Å². The lowest BCUT2D eigenvalue weighted by Gasteiger charge is -2.35. The van der Waals surface area contributed by atoms with Crippen LogP contribution in [0.1, 0.15) is 0 Å². The van der Waals surface area contributed by atoms with Crippen LogP contribution in [0.2, 0.25) is 0 Å². The molecular weight excluding hydrogens is 330 g/mol. The van der Waals surface area contributed by atoms with E-state index in [0.29, 0.717) is 0 Å². The summed E-state index contributed by atoms with van der Waals surface area (Å²) in [5, 5.41) is 1.16. The van der Waals surface area contributed by atoms with Crippen LogP contribution < -0.4 is 9.64 Å². The van der Waals surface area contributed by atoms with Crippen LogP contribution in [0.4, 0.5) is 5.69 Å². The average Bonchev–Trinajstić information content (AvgIpc) is 3.06. The van der Waals surface area contributed by atoms with Gasteiger partial charge in [-0.05, 0) is 31.3 Å². The van der Waals surface area contributed by atoms with Crippen LogP contribution in [0, 0.1) is 0 Å². The number of methoxy groups -OCH3 is 1. The molecule has 0 spiro atoms. The minimum Gasteiger partial charge on any atom is -0.496 e. The predicted octanol–water partition coefficient (Wildman–Crippen LogP) is 4.08. The minimum atomic E-state index is 0.915. The Labute approximate surface area is 152 Å². The number of aromatic amines is 1. The molecule has 130 valence electrons. The minimum absolute atomic E-state index is 0.915. The summed E-state index contributed by atoms with van der Waals surface area (Å²) in [7, 11) is 3.92. The van der Waals surface area contributed by atoms with Gasteiger partial charge in [0.25, 0.3) is 0 Å². The molecule has 2 heterocycles. The molecule has 0 saturated carbocycles. The van der Waals surface area contributed by atoms with Gasteiger partial charge in [0.1, 0.15) is 5.75 Å². The zero-order chi connectivity index (χ0) is 17.2. The summed E-state index contributed by atoms with van der Waals surface area (Å²) in [4.78, 5) is 10.7. The van der Waals surface area contributed by atoms with Gasteiger partial charge >= 0.3 is 0 Å². The van der Waals surface area contributed by atoms with Gasteiger partial charge in [0.2, 0.25) is 0 Å². The molecule has 0 bridgehead atoms. The van der Waals surface area contributed by atoms with E-state index in [4.69, 9.17) is 4.74 Å². The highest BCUT2D eigenvalue weighted by atomic mass is 32.2. The highest BCUT2D eigenvalue weighted by Gasteiger charge is 2.18. The smallest absolute Gasteiger partial charge is 0.129 e. The van der Waals surface area contributed by atoms with Crippen LogP contribution in [-0.2, 0) is 0 Å². The van der Waals surface area contributed by atoms with E-state index in [1.54, 1.807) is 7.11 Å². The lowest BCUT2D eigenvalue weighted by molar-refractivity contribution is 0.312. The number of anilines is 1. The Hall–Kier alpha value is -2.11. The van der Waals surface area contributed by atoms with E-state index < -0.39 is 0 Å². The fraction of sp³-hybridized carbons (Fsp3) is 0.300. The lowest BCUT2D eigenvalue weighted by Crippen LogP contribution is -2.44. The van der Waals surface area contributed by atoms with Gasteiger partial charge in [0.15, 0.2) is 0 Å². The van der Waals surface area contributed by atoms with Gasteiger partial charge in [-0.25, -0.2) is 0 Å². The fourth-order valence-electron chi connectivity index (χ4n) is 3.34. The first-order valence-electron chi connectivity index (χ1n) is 8.61. The van der Waals surface area contributed by atoms with E-state index >= 15 is 0 Å². The van der Waals surface area contributed by atoms with E-state index in [1.165, 1.54) is 15.5 Å². The molecule has 0 radical (unpaired) electrons. The lowest BCUT2D eigenvalue weighted by atomic mass is 10.2. The SMILES string of the molecule is COc1cccc2[nH]cc(Sc3ccccc3N3CCN(C)CC3)c12. The first kappa shape index (κ1) is 16.4. The van der Waals surface area contributed by atoms with Crippen LogP contribution in [0.25, 0.3) is 10.9 Å². The summed E-state index contributed by atoms with van der Waals surface area (Å²) in [6.45, 7) is 4.37. The molecule has 0 unspecified atom stereocenters. The summed E-state index contributed by atoms with van der Waals surface area (Å²) in [6.07, 6.45) is 2.08. The Morgan fingerprint density at radius 2 is 1.76 bits per heavy atom. The number of nitrogens with zero attached hydrogens (tertiary/aromatic N) is 2. The Morgan fingerprint density at radius 1 is 0.960 bits per heavy atom. The number of hydrogen-bond donors (Lipinski definition) is 1. The molecule has 1 aliphatic rings.